The Morgan fingerprint density at radius 1 is 1.39 bits per heavy atom. The molecule has 0 spiro atoms. The minimum absolute atomic E-state index is 0. The number of nitrogens with one attached hydrogen (secondary N) is 2. The van der Waals surface area contributed by atoms with Crippen molar-refractivity contribution in [3.05, 3.63) is 24.0 Å². The molecule has 0 unspecified atom stereocenters. The molecule has 10 heteroatoms. The number of hydrogen-bond donors (Lipinski definition) is 2. The van der Waals surface area contributed by atoms with E-state index in [9.17, 15) is 21.6 Å². The smallest absolute Gasteiger partial charge is 0.387 e. The van der Waals surface area contributed by atoms with Crippen LogP contribution >= 0.6 is 12.4 Å². The van der Waals surface area contributed by atoms with Crippen molar-refractivity contribution in [1.29, 1.82) is 0 Å². The van der Waals surface area contributed by atoms with E-state index in [1.165, 1.54) is 0 Å². The average Bonchev–Trinajstić information content (AvgIpc) is 2.93. The summed E-state index contributed by atoms with van der Waals surface area (Å²) >= 11 is 0. The van der Waals surface area contributed by atoms with Crippen molar-refractivity contribution in [2.24, 2.45) is 0 Å². The molecule has 1 atom stereocenters. The third-order valence-electron chi connectivity index (χ3n) is 3.38. The van der Waals surface area contributed by atoms with Gasteiger partial charge in [-0.1, -0.05) is 0 Å². The molecule has 0 amide bonds. The number of hydrogen-bond acceptors (Lipinski definition) is 4. The van der Waals surface area contributed by atoms with Gasteiger partial charge in [-0.15, -0.1) is 12.4 Å². The first-order valence-corrected chi connectivity index (χ1v) is 8.34. The summed E-state index contributed by atoms with van der Waals surface area (Å²) in [6.07, 6.45) is 2.69. The van der Waals surface area contributed by atoms with Crippen LogP contribution in [0.2, 0.25) is 0 Å². The van der Waals surface area contributed by atoms with E-state index in [-0.39, 0.29) is 29.9 Å². The van der Waals surface area contributed by atoms with Crippen LogP contribution in [-0.2, 0) is 10.0 Å². The van der Waals surface area contributed by atoms with Crippen LogP contribution in [0.5, 0.6) is 5.75 Å². The fourth-order valence-corrected chi connectivity index (χ4v) is 3.35. The van der Waals surface area contributed by atoms with Gasteiger partial charge in [0, 0.05) is 12.6 Å². The molecule has 132 valence electrons. The Kier molecular flexibility index (Phi) is 7.59. The fourth-order valence-electron chi connectivity index (χ4n) is 2.29. The van der Waals surface area contributed by atoms with Crippen LogP contribution in [0.25, 0.3) is 0 Å². The number of sulfonamides is 1. The Hall–Kier alpha value is -1.03. The average molecular weight is 375 g/mol. The molecule has 1 aliphatic heterocycles. The molecule has 1 heterocycles. The monoisotopic (exact) mass is 374 g/mol. The van der Waals surface area contributed by atoms with Gasteiger partial charge in [-0.2, -0.15) is 8.78 Å². The standard InChI is InChI=1S/C13H17F3N2O3S.ClH/c14-11-8-10(3-4-12(11)21-13(15)16)22(19,20)18-7-5-9-2-1-6-17-9;/h3-4,8-9,13,17-18H,1-2,5-7H2;1H/t9-;/m1./s1. The van der Waals surface area contributed by atoms with Gasteiger partial charge in [-0.05, 0) is 44.0 Å². The van der Waals surface area contributed by atoms with Crippen LogP contribution in [0.15, 0.2) is 23.1 Å². The van der Waals surface area contributed by atoms with Crippen molar-refractivity contribution in [1.82, 2.24) is 10.0 Å². The first-order chi connectivity index (χ1) is 10.4. The van der Waals surface area contributed by atoms with E-state index in [2.05, 4.69) is 14.8 Å². The van der Waals surface area contributed by atoms with E-state index >= 15 is 0 Å². The molecule has 23 heavy (non-hydrogen) atoms. The Morgan fingerprint density at radius 2 is 2.13 bits per heavy atom. The third-order valence-corrected chi connectivity index (χ3v) is 4.84. The number of alkyl halides is 2. The third kappa shape index (κ3) is 5.83. The predicted molar refractivity (Wildman–Crippen MR) is 81.1 cm³/mol. The normalized spacial score (nSPS) is 18.0. The van der Waals surface area contributed by atoms with Crippen LogP contribution in [-0.4, -0.2) is 34.2 Å². The van der Waals surface area contributed by atoms with Crippen LogP contribution in [0, 0.1) is 5.82 Å². The second-order valence-corrected chi connectivity index (χ2v) is 6.72. The maximum Gasteiger partial charge on any atom is 0.387 e. The topological polar surface area (TPSA) is 67.4 Å². The van der Waals surface area contributed by atoms with Crippen molar-refractivity contribution in [2.75, 3.05) is 13.1 Å². The van der Waals surface area contributed by atoms with E-state index in [1.807, 2.05) is 0 Å². The Balaban J connectivity index is 0.00000264. The second kappa shape index (κ2) is 8.72. The van der Waals surface area contributed by atoms with Crippen molar-refractivity contribution in [3.63, 3.8) is 0 Å². The van der Waals surface area contributed by atoms with E-state index in [0.717, 1.165) is 31.5 Å². The van der Waals surface area contributed by atoms with Crippen molar-refractivity contribution in [3.8, 4) is 5.75 Å². The summed E-state index contributed by atoms with van der Waals surface area (Å²) in [6.45, 7) is -2.03. The number of rotatable bonds is 7. The predicted octanol–water partition coefficient (Wildman–Crippen LogP) is 2.27. The molecule has 1 fully saturated rings. The first-order valence-electron chi connectivity index (χ1n) is 6.86. The van der Waals surface area contributed by atoms with Crippen molar-refractivity contribution < 1.29 is 26.3 Å². The lowest BCUT2D eigenvalue weighted by Crippen LogP contribution is -2.30. The minimum Gasteiger partial charge on any atom is -0.432 e. The lowest BCUT2D eigenvalue weighted by atomic mass is 10.2. The zero-order valence-electron chi connectivity index (χ0n) is 12.1. The Labute approximate surface area is 139 Å². The van der Waals surface area contributed by atoms with Crippen LogP contribution < -0.4 is 14.8 Å². The van der Waals surface area contributed by atoms with Crippen molar-refractivity contribution in [2.45, 2.75) is 36.8 Å². The highest BCUT2D eigenvalue weighted by Gasteiger charge is 2.19. The van der Waals surface area contributed by atoms with Gasteiger partial charge in [0.15, 0.2) is 11.6 Å². The first kappa shape index (κ1) is 20.0. The summed E-state index contributed by atoms with van der Waals surface area (Å²) < 4.78 is 67.9. The molecular weight excluding hydrogens is 357 g/mol. The Morgan fingerprint density at radius 3 is 2.70 bits per heavy atom. The van der Waals surface area contributed by atoms with Gasteiger partial charge in [0.2, 0.25) is 10.0 Å². The maximum atomic E-state index is 13.5. The van der Waals surface area contributed by atoms with Gasteiger partial charge in [-0.25, -0.2) is 17.5 Å². The van der Waals surface area contributed by atoms with Gasteiger partial charge in [-0.3, -0.25) is 0 Å². The molecule has 0 aromatic heterocycles. The zero-order chi connectivity index (χ0) is 16.2. The molecule has 2 rings (SSSR count). The van der Waals surface area contributed by atoms with Gasteiger partial charge >= 0.3 is 6.61 Å². The summed E-state index contributed by atoms with van der Waals surface area (Å²) in [5.41, 5.74) is 0. The maximum absolute atomic E-state index is 13.5. The number of halogens is 4. The van der Waals surface area contributed by atoms with E-state index in [4.69, 9.17) is 0 Å². The zero-order valence-corrected chi connectivity index (χ0v) is 13.7. The van der Waals surface area contributed by atoms with E-state index < -0.39 is 28.2 Å². The van der Waals surface area contributed by atoms with Gasteiger partial charge in [0.05, 0.1) is 4.90 Å². The summed E-state index contributed by atoms with van der Waals surface area (Å²) in [6, 6.07) is 2.83. The van der Waals surface area contributed by atoms with Crippen molar-refractivity contribution >= 4 is 22.4 Å². The SMILES string of the molecule is Cl.O=S(=O)(NCC[C@H]1CCCN1)c1ccc(OC(F)F)c(F)c1. The van der Waals surface area contributed by atoms with Crippen LogP contribution in [0.4, 0.5) is 13.2 Å². The second-order valence-electron chi connectivity index (χ2n) is 4.95. The number of benzene rings is 1. The molecule has 0 bridgehead atoms. The van der Waals surface area contributed by atoms with Gasteiger partial charge < -0.3 is 10.1 Å². The molecule has 1 aromatic carbocycles. The highest BCUT2D eigenvalue weighted by molar-refractivity contribution is 7.89. The highest BCUT2D eigenvalue weighted by atomic mass is 35.5. The Bertz CT molecular complexity index is 610. The molecule has 0 aliphatic carbocycles. The molecular formula is C13H18ClF3N2O3S. The highest BCUT2D eigenvalue weighted by Crippen LogP contribution is 2.22. The van der Waals surface area contributed by atoms with Gasteiger partial charge in [0.25, 0.3) is 0 Å². The lowest BCUT2D eigenvalue weighted by molar-refractivity contribution is -0.0522. The molecule has 0 saturated carbocycles. The quantitative estimate of drug-likeness (QED) is 0.768. The van der Waals surface area contributed by atoms with Crippen LogP contribution in [0.1, 0.15) is 19.3 Å². The minimum atomic E-state index is -3.88. The van der Waals surface area contributed by atoms with Gasteiger partial charge in [0.1, 0.15) is 0 Å². The number of ether oxygens (including phenoxy) is 1. The van der Waals surface area contributed by atoms with E-state index in [1.54, 1.807) is 0 Å². The van der Waals surface area contributed by atoms with E-state index in [0.29, 0.717) is 12.5 Å². The molecule has 5 nitrogen and oxygen atoms in total. The summed E-state index contributed by atoms with van der Waals surface area (Å²) in [5, 5.41) is 3.23. The largest absolute Gasteiger partial charge is 0.432 e. The summed E-state index contributed by atoms with van der Waals surface area (Å²) in [4.78, 5) is -0.328. The molecule has 2 N–H and O–H groups in total. The lowest BCUT2D eigenvalue weighted by Gasteiger charge is -2.12. The summed E-state index contributed by atoms with van der Waals surface area (Å²) in [7, 11) is -3.88. The molecule has 1 aromatic rings. The molecule has 1 aliphatic rings. The summed E-state index contributed by atoms with van der Waals surface area (Å²) in [5.74, 6) is -1.84. The molecule has 0 radical (unpaired) electrons. The molecule has 1 saturated heterocycles. The fraction of sp³-hybridized carbons (Fsp3) is 0.538. The van der Waals surface area contributed by atoms with Crippen LogP contribution in [0.3, 0.4) is 0 Å².